The Kier molecular flexibility index (Phi) is 4.90. The Bertz CT molecular complexity index is 792. The first kappa shape index (κ1) is 16.9. The van der Waals surface area contributed by atoms with Gasteiger partial charge in [-0.25, -0.2) is 8.78 Å². The number of halogens is 2. The van der Waals surface area contributed by atoms with E-state index in [9.17, 15) is 18.8 Å². The molecule has 1 aliphatic rings. The number of nitrogens with zero attached hydrogens (tertiary/aromatic N) is 3. The average Bonchev–Trinajstić information content (AvgIpc) is 3.05. The summed E-state index contributed by atoms with van der Waals surface area (Å²) in [5, 5.41) is 18.7. The molecule has 130 valence electrons. The second kappa shape index (κ2) is 7.27. The summed E-state index contributed by atoms with van der Waals surface area (Å²) in [5.41, 5.74) is 0.265. The van der Waals surface area contributed by atoms with Gasteiger partial charge in [-0.3, -0.25) is 9.89 Å². The number of carbonyl (C=O) groups is 1. The zero-order valence-electron chi connectivity index (χ0n) is 13.1. The molecule has 1 aromatic heterocycles. The summed E-state index contributed by atoms with van der Waals surface area (Å²) in [6, 6.07) is 7.03. The quantitative estimate of drug-likeness (QED) is 0.885. The fourth-order valence-corrected chi connectivity index (χ4v) is 2.50. The number of morpholine rings is 1. The lowest BCUT2D eigenvalue weighted by atomic mass is 10.1. The lowest BCUT2D eigenvalue weighted by Gasteiger charge is -2.26. The van der Waals surface area contributed by atoms with Crippen LogP contribution in [0.1, 0.15) is 27.9 Å². The maximum absolute atomic E-state index is 12.6. The van der Waals surface area contributed by atoms with Gasteiger partial charge < -0.3 is 15.0 Å². The molecule has 0 saturated carbocycles. The lowest BCUT2D eigenvalue weighted by molar-refractivity contribution is 0.102. The van der Waals surface area contributed by atoms with Crippen LogP contribution >= 0.6 is 0 Å². The van der Waals surface area contributed by atoms with E-state index in [-0.39, 0.29) is 22.5 Å². The second-order valence-corrected chi connectivity index (χ2v) is 5.39. The molecule has 1 fully saturated rings. The summed E-state index contributed by atoms with van der Waals surface area (Å²) in [5.74, 6) is 0.107. The van der Waals surface area contributed by atoms with Gasteiger partial charge in [0.15, 0.2) is 5.82 Å². The monoisotopic (exact) mass is 347 g/mol. The minimum Gasteiger partial charge on any atom is -0.378 e. The van der Waals surface area contributed by atoms with E-state index in [0.29, 0.717) is 32.1 Å². The summed E-state index contributed by atoms with van der Waals surface area (Å²) >= 11 is 0. The van der Waals surface area contributed by atoms with Gasteiger partial charge in [-0.2, -0.15) is 10.4 Å². The number of amides is 1. The van der Waals surface area contributed by atoms with Gasteiger partial charge in [-0.05, 0) is 12.1 Å². The third-order valence-electron chi connectivity index (χ3n) is 3.83. The molecule has 1 saturated heterocycles. The Morgan fingerprint density at radius 2 is 2.00 bits per heavy atom. The fourth-order valence-electron chi connectivity index (χ4n) is 2.50. The molecule has 25 heavy (non-hydrogen) atoms. The molecule has 0 aliphatic carbocycles. The second-order valence-electron chi connectivity index (χ2n) is 5.39. The Hall–Kier alpha value is -2.99. The average molecular weight is 347 g/mol. The van der Waals surface area contributed by atoms with Crippen molar-refractivity contribution in [1.82, 2.24) is 10.2 Å². The summed E-state index contributed by atoms with van der Waals surface area (Å²) in [6.45, 7) is 2.27. The first-order valence-corrected chi connectivity index (χ1v) is 7.60. The van der Waals surface area contributed by atoms with E-state index in [4.69, 9.17) is 4.74 Å². The predicted molar refractivity (Wildman–Crippen MR) is 85.7 cm³/mol. The van der Waals surface area contributed by atoms with Gasteiger partial charge >= 0.3 is 0 Å². The van der Waals surface area contributed by atoms with Crippen molar-refractivity contribution in [1.29, 1.82) is 5.26 Å². The van der Waals surface area contributed by atoms with Crippen LogP contribution in [0.3, 0.4) is 0 Å². The largest absolute Gasteiger partial charge is 0.378 e. The topological polar surface area (TPSA) is 94.0 Å². The number of nitriles is 1. The Balaban J connectivity index is 1.77. The van der Waals surface area contributed by atoms with Crippen molar-refractivity contribution in [2.24, 2.45) is 0 Å². The molecule has 0 atom stereocenters. The highest BCUT2D eigenvalue weighted by Crippen LogP contribution is 2.25. The normalized spacial score (nSPS) is 14.4. The molecule has 0 spiro atoms. The number of rotatable bonds is 4. The number of nitrogens with one attached hydrogen (secondary N) is 2. The molecular weight excluding hydrogens is 332 g/mol. The van der Waals surface area contributed by atoms with Gasteiger partial charge in [0.25, 0.3) is 12.3 Å². The maximum atomic E-state index is 12.6. The van der Waals surface area contributed by atoms with Crippen LogP contribution in [0.2, 0.25) is 0 Å². The molecular formula is C16H15F2N5O2. The van der Waals surface area contributed by atoms with Crippen LogP contribution in [0.15, 0.2) is 24.3 Å². The lowest BCUT2D eigenvalue weighted by Crippen LogP contribution is -2.36. The molecule has 2 heterocycles. The number of alkyl halides is 2. The number of aromatic nitrogens is 2. The van der Waals surface area contributed by atoms with Crippen molar-refractivity contribution in [2.75, 3.05) is 36.5 Å². The third kappa shape index (κ3) is 3.59. The number of anilines is 2. The highest BCUT2D eigenvalue weighted by molar-refractivity contribution is 6.04. The van der Waals surface area contributed by atoms with Crippen LogP contribution in [-0.2, 0) is 4.74 Å². The minimum absolute atomic E-state index is 0.162. The SMILES string of the molecule is N#Cc1c(N2CCOCC2)n[nH]c1NC(=O)c1ccc(C(F)F)cc1. The number of H-pyrrole nitrogens is 1. The summed E-state index contributed by atoms with van der Waals surface area (Å²) in [4.78, 5) is 14.2. The Morgan fingerprint density at radius 1 is 1.32 bits per heavy atom. The zero-order chi connectivity index (χ0) is 17.8. The van der Waals surface area contributed by atoms with E-state index >= 15 is 0 Å². The molecule has 3 rings (SSSR count). The van der Waals surface area contributed by atoms with Crippen molar-refractivity contribution in [3.8, 4) is 6.07 Å². The van der Waals surface area contributed by atoms with Crippen LogP contribution < -0.4 is 10.2 Å². The van der Waals surface area contributed by atoms with Gasteiger partial charge in [0.05, 0.1) is 13.2 Å². The smallest absolute Gasteiger partial charge is 0.263 e. The molecule has 1 aromatic carbocycles. The number of carbonyl (C=O) groups excluding carboxylic acids is 1. The van der Waals surface area contributed by atoms with E-state index < -0.39 is 12.3 Å². The van der Waals surface area contributed by atoms with E-state index in [0.717, 1.165) is 0 Å². The highest BCUT2D eigenvalue weighted by atomic mass is 19.3. The standard InChI is InChI=1S/C16H15F2N5O2/c17-13(18)10-1-3-11(4-2-10)16(24)20-14-12(9-19)15(22-21-14)23-5-7-25-8-6-23/h1-4,13H,5-8H2,(H2,20,21,22,24). The van der Waals surface area contributed by atoms with Gasteiger partial charge in [-0.1, -0.05) is 12.1 Å². The Morgan fingerprint density at radius 3 is 2.60 bits per heavy atom. The molecule has 7 nitrogen and oxygen atoms in total. The van der Waals surface area contributed by atoms with Crippen LogP contribution in [-0.4, -0.2) is 42.4 Å². The predicted octanol–water partition coefficient (Wildman–Crippen LogP) is 2.31. The highest BCUT2D eigenvalue weighted by Gasteiger charge is 2.22. The first-order valence-electron chi connectivity index (χ1n) is 7.60. The van der Waals surface area contributed by atoms with Crippen LogP contribution in [0.25, 0.3) is 0 Å². The van der Waals surface area contributed by atoms with Gasteiger partial charge in [0, 0.05) is 24.2 Å². The number of benzene rings is 1. The van der Waals surface area contributed by atoms with Gasteiger partial charge in [0.2, 0.25) is 0 Å². The van der Waals surface area contributed by atoms with Crippen molar-refractivity contribution in [3.63, 3.8) is 0 Å². The maximum Gasteiger partial charge on any atom is 0.263 e. The molecule has 2 N–H and O–H groups in total. The molecule has 0 radical (unpaired) electrons. The van der Waals surface area contributed by atoms with Crippen LogP contribution in [0.4, 0.5) is 20.4 Å². The molecule has 0 unspecified atom stereocenters. The zero-order valence-corrected chi connectivity index (χ0v) is 13.1. The first-order chi connectivity index (χ1) is 12.1. The summed E-state index contributed by atoms with van der Waals surface area (Å²) < 4.78 is 30.4. The molecule has 2 aromatic rings. The van der Waals surface area contributed by atoms with Crippen LogP contribution in [0, 0.1) is 11.3 Å². The number of ether oxygens (including phenoxy) is 1. The van der Waals surface area contributed by atoms with E-state index in [1.54, 1.807) is 0 Å². The summed E-state index contributed by atoms with van der Waals surface area (Å²) in [7, 11) is 0. The fraction of sp³-hybridized carbons (Fsp3) is 0.312. The minimum atomic E-state index is -2.59. The van der Waals surface area contributed by atoms with E-state index in [1.165, 1.54) is 24.3 Å². The number of aromatic amines is 1. The summed E-state index contributed by atoms with van der Waals surface area (Å²) in [6.07, 6.45) is -2.59. The van der Waals surface area contributed by atoms with Crippen molar-refractivity contribution in [3.05, 3.63) is 41.0 Å². The van der Waals surface area contributed by atoms with Crippen LogP contribution in [0.5, 0.6) is 0 Å². The number of hydrogen-bond acceptors (Lipinski definition) is 5. The molecule has 9 heteroatoms. The molecule has 1 aliphatic heterocycles. The van der Waals surface area contributed by atoms with E-state index in [1.807, 2.05) is 11.0 Å². The van der Waals surface area contributed by atoms with Crippen molar-refractivity contribution in [2.45, 2.75) is 6.43 Å². The molecule has 1 amide bonds. The Labute approximate surface area is 142 Å². The molecule has 0 bridgehead atoms. The van der Waals surface area contributed by atoms with Gasteiger partial charge in [0.1, 0.15) is 17.5 Å². The van der Waals surface area contributed by atoms with Gasteiger partial charge in [-0.15, -0.1) is 0 Å². The third-order valence-corrected chi connectivity index (χ3v) is 3.83. The number of hydrogen-bond donors (Lipinski definition) is 2. The van der Waals surface area contributed by atoms with Crippen molar-refractivity contribution >= 4 is 17.5 Å². The van der Waals surface area contributed by atoms with E-state index in [2.05, 4.69) is 15.5 Å². The van der Waals surface area contributed by atoms with Crippen molar-refractivity contribution < 1.29 is 18.3 Å².